The molecule has 1 heterocycles. The normalized spacial score (nSPS) is 20.2. The van der Waals surface area contributed by atoms with Gasteiger partial charge in [-0.05, 0) is 38.9 Å². The molecule has 116 valence electrons. The second-order valence-electron chi connectivity index (χ2n) is 5.25. The Bertz CT molecular complexity index is 510. The molecule has 0 aromatic heterocycles. The Morgan fingerprint density at radius 3 is 2.86 bits per heavy atom. The highest BCUT2D eigenvalue weighted by atomic mass is 35.5. The monoisotopic (exact) mass is 330 g/mol. The summed E-state index contributed by atoms with van der Waals surface area (Å²) in [6.45, 7) is 3.27. The predicted octanol–water partition coefficient (Wildman–Crippen LogP) is 2.97. The summed E-state index contributed by atoms with van der Waals surface area (Å²) in [6, 6.07) is 5.36. The zero-order chi connectivity index (χ0) is 15.4. The van der Waals surface area contributed by atoms with Gasteiger partial charge in [0.25, 0.3) is 5.91 Å². The fourth-order valence-corrected chi connectivity index (χ4v) is 2.76. The van der Waals surface area contributed by atoms with Crippen LogP contribution in [-0.2, 0) is 4.79 Å². The highest BCUT2D eigenvalue weighted by Crippen LogP contribution is 2.27. The number of amides is 1. The zero-order valence-corrected chi connectivity index (χ0v) is 13.7. The molecule has 1 saturated heterocycles. The van der Waals surface area contributed by atoms with Gasteiger partial charge in [0.2, 0.25) is 0 Å². The lowest BCUT2D eigenvalue weighted by molar-refractivity contribution is -0.139. The van der Waals surface area contributed by atoms with Crippen LogP contribution in [-0.4, -0.2) is 43.1 Å². The van der Waals surface area contributed by atoms with E-state index in [9.17, 15) is 4.79 Å². The van der Waals surface area contributed by atoms with Crippen LogP contribution in [0.25, 0.3) is 0 Å². The molecule has 1 fully saturated rings. The van der Waals surface area contributed by atoms with Gasteiger partial charge in [-0.3, -0.25) is 4.79 Å². The van der Waals surface area contributed by atoms with Gasteiger partial charge in [0.1, 0.15) is 5.75 Å². The second kappa shape index (κ2) is 7.34. The van der Waals surface area contributed by atoms with Crippen LogP contribution in [0, 0.1) is 0 Å². The molecule has 1 aromatic rings. The Morgan fingerprint density at radius 1 is 1.43 bits per heavy atom. The van der Waals surface area contributed by atoms with Gasteiger partial charge < -0.3 is 15.0 Å². The van der Waals surface area contributed by atoms with E-state index in [1.165, 1.54) is 0 Å². The minimum atomic E-state index is -0.544. The molecule has 2 atom stereocenters. The maximum Gasteiger partial charge on any atom is 0.263 e. The first-order valence-corrected chi connectivity index (χ1v) is 7.84. The van der Waals surface area contributed by atoms with Crippen molar-refractivity contribution in [3.05, 3.63) is 28.2 Å². The molecule has 0 aliphatic carbocycles. The van der Waals surface area contributed by atoms with E-state index >= 15 is 0 Å². The van der Waals surface area contributed by atoms with Gasteiger partial charge in [-0.15, -0.1) is 0 Å². The number of carbonyl (C=O) groups is 1. The predicted molar refractivity (Wildman–Crippen MR) is 85.2 cm³/mol. The van der Waals surface area contributed by atoms with E-state index in [0.717, 1.165) is 25.9 Å². The molecule has 0 bridgehead atoms. The molecule has 0 radical (unpaired) electrons. The van der Waals surface area contributed by atoms with Gasteiger partial charge in [-0.25, -0.2) is 0 Å². The van der Waals surface area contributed by atoms with Crippen LogP contribution in [0.15, 0.2) is 18.2 Å². The fourth-order valence-electron chi connectivity index (χ4n) is 2.47. The second-order valence-corrected chi connectivity index (χ2v) is 6.06. The smallest absolute Gasteiger partial charge is 0.263 e. The van der Waals surface area contributed by atoms with Crippen molar-refractivity contribution in [1.29, 1.82) is 0 Å². The molecule has 6 heteroatoms. The summed E-state index contributed by atoms with van der Waals surface area (Å²) in [5.74, 6) is 0.549. The van der Waals surface area contributed by atoms with Crippen LogP contribution in [0.3, 0.4) is 0 Å². The number of rotatable bonds is 4. The molecule has 21 heavy (non-hydrogen) atoms. The average Bonchev–Trinajstić information content (AvgIpc) is 2.50. The number of carbonyl (C=O) groups excluding carboxylic acids is 1. The number of halogens is 2. The number of likely N-dealkylation sites (tertiary alicyclic amines) is 1. The van der Waals surface area contributed by atoms with E-state index in [4.69, 9.17) is 27.9 Å². The summed E-state index contributed by atoms with van der Waals surface area (Å²) in [6.07, 6.45) is 1.57. The number of benzene rings is 1. The van der Waals surface area contributed by atoms with Crippen molar-refractivity contribution < 1.29 is 9.53 Å². The summed E-state index contributed by atoms with van der Waals surface area (Å²) in [7, 11) is 1.92. The maximum atomic E-state index is 12.4. The Kier molecular flexibility index (Phi) is 5.73. The zero-order valence-electron chi connectivity index (χ0n) is 12.2. The van der Waals surface area contributed by atoms with Crippen LogP contribution in [0.4, 0.5) is 0 Å². The van der Waals surface area contributed by atoms with Crippen molar-refractivity contribution in [2.24, 2.45) is 0 Å². The van der Waals surface area contributed by atoms with Crippen LogP contribution >= 0.6 is 23.2 Å². The standard InChI is InChI=1S/C15H20Cl2N2O2/c1-10(21-12-5-6-13(16)14(17)8-12)15(20)19-7-3-4-11(9-19)18-2/h5-6,8,10-11,18H,3-4,7,9H2,1-2H3. The first kappa shape index (κ1) is 16.4. The van der Waals surface area contributed by atoms with Gasteiger partial charge in [-0.2, -0.15) is 0 Å². The minimum absolute atomic E-state index is 0.000947. The third-order valence-corrected chi connectivity index (χ3v) is 4.43. The van der Waals surface area contributed by atoms with Crippen molar-refractivity contribution in [2.45, 2.75) is 31.9 Å². The summed E-state index contributed by atoms with van der Waals surface area (Å²) in [5.41, 5.74) is 0. The van der Waals surface area contributed by atoms with Crippen LogP contribution in [0.2, 0.25) is 10.0 Å². The number of nitrogens with zero attached hydrogens (tertiary/aromatic N) is 1. The first-order valence-electron chi connectivity index (χ1n) is 7.09. The number of piperidine rings is 1. The molecule has 1 aliphatic heterocycles. The number of hydrogen-bond donors (Lipinski definition) is 1. The van der Waals surface area contributed by atoms with Crippen LogP contribution in [0.5, 0.6) is 5.75 Å². The van der Waals surface area contributed by atoms with Crippen molar-refractivity contribution in [3.63, 3.8) is 0 Å². The van der Waals surface area contributed by atoms with Crippen molar-refractivity contribution in [1.82, 2.24) is 10.2 Å². The Balaban J connectivity index is 1.97. The van der Waals surface area contributed by atoms with Crippen molar-refractivity contribution in [2.75, 3.05) is 20.1 Å². The maximum absolute atomic E-state index is 12.4. The topological polar surface area (TPSA) is 41.6 Å². The largest absolute Gasteiger partial charge is 0.481 e. The lowest BCUT2D eigenvalue weighted by Gasteiger charge is -2.34. The Morgan fingerprint density at radius 2 is 2.19 bits per heavy atom. The minimum Gasteiger partial charge on any atom is -0.481 e. The lowest BCUT2D eigenvalue weighted by atomic mass is 10.1. The highest BCUT2D eigenvalue weighted by Gasteiger charge is 2.27. The molecular formula is C15H20Cl2N2O2. The van der Waals surface area contributed by atoms with E-state index in [1.54, 1.807) is 25.1 Å². The molecule has 2 rings (SSSR count). The van der Waals surface area contributed by atoms with E-state index in [-0.39, 0.29) is 5.91 Å². The lowest BCUT2D eigenvalue weighted by Crippen LogP contribution is -2.50. The molecular weight excluding hydrogens is 311 g/mol. The molecule has 1 aliphatic rings. The average molecular weight is 331 g/mol. The summed E-state index contributed by atoms with van der Waals surface area (Å²) >= 11 is 11.8. The van der Waals surface area contributed by atoms with Gasteiger partial charge in [0.15, 0.2) is 6.10 Å². The van der Waals surface area contributed by atoms with Crippen LogP contribution < -0.4 is 10.1 Å². The van der Waals surface area contributed by atoms with Crippen molar-refractivity contribution >= 4 is 29.1 Å². The fraction of sp³-hybridized carbons (Fsp3) is 0.533. The van der Waals surface area contributed by atoms with Gasteiger partial charge >= 0.3 is 0 Å². The van der Waals surface area contributed by atoms with E-state index in [0.29, 0.717) is 21.8 Å². The number of likely N-dealkylation sites (N-methyl/N-ethyl adjacent to an activating group) is 1. The molecule has 4 nitrogen and oxygen atoms in total. The van der Waals surface area contributed by atoms with Crippen LogP contribution in [0.1, 0.15) is 19.8 Å². The number of hydrogen-bond acceptors (Lipinski definition) is 3. The Hall–Kier alpha value is -0.970. The van der Waals surface area contributed by atoms with Gasteiger partial charge in [-0.1, -0.05) is 23.2 Å². The SMILES string of the molecule is CNC1CCCN(C(=O)C(C)Oc2ccc(Cl)c(Cl)c2)C1. The highest BCUT2D eigenvalue weighted by molar-refractivity contribution is 6.42. The van der Waals surface area contributed by atoms with E-state index in [2.05, 4.69) is 5.32 Å². The van der Waals surface area contributed by atoms with Crippen molar-refractivity contribution in [3.8, 4) is 5.75 Å². The molecule has 1 aromatic carbocycles. The molecule has 2 unspecified atom stereocenters. The number of nitrogens with one attached hydrogen (secondary N) is 1. The molecule has 1 amide bonds. The Labute approximate surface area is 135 Å². The molecule has 0 spiro atoms. The number of ether oxygens (including phenoxy) is 1. The van der Waals surface area contributed by atoms with Gasteiger partial charge in [0.05, 0.1) is 10.0 Å². The third kappa shape index (κ3) is 4.25. The summed E-state index contributed by atoms with van der Waals surface area (Å²) in [4.78, 5) is 14.3. The van der Waals surface area contributed by atoms with E-state index < -0.39 is 6.10 Å². The summed E-state index contributed by atoms with van der Waals surface area (Å²) < 4.78 is 5.68. The molecule has 0 saturated carbocycles. The third-order valence-electron chi connectivity index (χ3n) is 3.69. The summed E-state index contributed by atoms with van der Waals surface area (Å²) in [5, 5.41) is 4.11. The van der Waals surface area contributed by atoms with Gasteiger partial charge in [0, 0.05) is 25.2 Å². The quantitative estimate of drug-likeness (QED) is 0.922. The van der Waals surface area contributed by atoms with E-state index in [1.807, 2.05) is 11.9 Å². The molecule has 1 N–H and O–H groups in total. The first-order chi connectivity index (χ1) is 10.0.